The van der Waals surface area contributed by atoms with Crippen molar-refractivity contribution in [3.63, 3.8) is 0 Å². The highest BCUT2D eigenvalue weighted by Crippen LogP contribution is 2.41. The minimum Gasteiger partial charge on any atom is -0.398 e. The van der Waals surface area contributed by atoms with E-state index >= 15 is 0 Å². The Morgan fingerprint density at radius 3 is 2.71 bits per heavy atom. The van der Waals surface area contributed by atoms with Gasteiger partial charge >= 0.3 is 0 Å². The largest absolute Gasteiger partial charge is 0.398 e. The number of anilines is 2. The number of hydrogen-bond donors (Lipinski definition) is 1. The Labute approximate surface area is 87.3 Å². The number of nitrogens with two attached hydrogens (primary N) is 1. The summed E-state index contributed by atoms with van der Waals surface area (Å²) in [6.45, 7) is 0. The predicted molar refractivity (Wildman–Crippen MR) is 56.9 cm³/mol. The molecule has 76 valence electrons. The van der Waals surface area contributed by atoms with Gasteiger partial charge in [-0.1, -0.05) is 11.6 Å². The van der Waals surface area contributed by atoms with Crippen LogP contribution in [0.5, 0.6) is 0 Å². The summed E-state index contributed by atoms with van der Waals surface area (Å²) >= 11 is 5.90. The monoisotopic (exact) mass is 232 g/mol. The van der Waals surface area contributed by atoms with Crippen LogP contribution in [0.4, 0.5) is 11.4 Å². The molecule has 1 heterocycles. The maximum atomic E-state index is 11.5. The van der Waals surface area contributed by atoms with Gasteiger partial charge in [-0.05, 0) is 12.1 Å². The predicted octanol–water partition coefficient (Wildman–Crippen LogP) is 1.20. The number of sulfonamides is 1. The second-order valence-corrected chi connectivity index (χ2v) is 5.59. The fourth-order valence-electron chi connectivity index (χ4n) is 1.53. The molecule has 2 rings (SSSR count). The molecule has 0 unspecified atom stereocenters. The van der Waals surface area contributed by atoms with E-state index < -0.39 is 10.0 Å². The average molecular weight is 233 g/mol. The van der Waals surface area contributed by atoms with Crippen molar-refractivity contribution in [3.05, 3.63) is 22.7 Å². The summed E-state index contributed by atoms with van der Waals surface area (Å²) in [6, 6.07) is 3.23. The SMILES string of the molecule is CN1c2c(Cl)ccc(N)c2CS1(=O)=O. The second kappa shape index (κ2) is 2.77. The van der Waals surface area contributed by atoms with Gasteiger partial charge in [-0.2, -0.15) is 0 Å². The van der Waals surface area contributed by atoms with Gasteiger partial charge < -0.3 is 5.73 Å². The molecule has 0 aromatic heterocycles. The van der Waals surface area contributed by atoms with Gasteiger partial charge in [0.1, 0.15) is 0 Å². The summed E-state index contributed by atoms with van der Waals surface area (Å²) in [5.74, 6) is -0.0643. The third-order valence-electron chi connectivity index (χ3n) is 2.33. The van der Waals surface area contributed by atoms with Crippen molar-refractivity contribution >= 4 is 33.0 Å². The normalized spacial score (nSPS) is 18.3. The van der Waals surface area contributed by atoms with E-state index in [1.54, 1.807) is 12.1 Å². The molecule has 14 heavy (non-hydrogen) atoms. The topological polar surface area (TPSA) is 63.4 Å². The lowest BCUT2D eigenvalue weighted by atomic mass is 10.1. The smallest absolute Gasteiger partial charge is 0.239 e. The van der Waals surface area contributed by atoms with Crippen LogP contribution in [0.1, 0.15) is 5.56 Å². The summed E-state index contributed by atoms with van der Waals surface area (Å²) in [5.41, 5.74) is 7.25. The van der Waals surface area contributed by atoms with Gasteiger partial charge in [-0.25, -0.2) is 8.42 Å². The molecular weight excluding hydrogens is 224 g/mol. The summed E-state index contributed by atoms with van der Waals surface area (Å²) in [5, 5.41) is 0.415. The molecule has 1 aromatic carbocycles. The van der Waals surface area contributed by atoms with Crippen LogP contribution < -0.4 is 10.0 Å². The average Bonchev–Trinajstić information content (AvgIpc) is 2.33. The lowest BCUT2D eigenvalue weighted by Gasteiger charge is -2.12. The highest BCUT2D eigenvalue weighted by Gasteiger charge is 2.33. The fraction of sp³-hybridized carbons (Fsp3) is 0.250. The molecule has 0 amide bonds. The first kappa shape index (κ1) is 9.61. The van der Waals surface area contributed by atoms with Gasteiger partial charge in [-0.3, -0.25) is 4.31 Å². The Hall–Kier alpha value is -0.940. The zero-order valence-electron chi connectivity index (χ0n) is 7.49. The van der Waals surface area contributed by atoms with Gasteiger partial charge in [0.05, 0.1) is 16.5 Å². The van der Waals surface area contributed by atoms with E-state index in [-0.39, 0.29) is 5.75 Å². The standard InChI is InChI=1S/C8H9ClN2O2S/c1-11-8-5(4-14(11,12)13)7(10)3-2-6(8)9/h2-3H,4,10H2,1H3. The third kappa shape index (κ3) is 1.16. The van der Waals surface area contributed by atoms with Gasteiger partial charge in [0, 0.05) is 18.3 Å². The van der Waals surface area contributed by atoms with Crippen LogP contribution in [0.15, 0.2) is 12.1 Å². The Morgan fingerprint density at radius 1 is 1.50 bits per heavy atom. The zero-order chi connectivity index (χ0) is 10.5. The molecule has 4 nitrogen and oxygen atoms in total. The van der Waals surface area contributed by atoms with Gasteiger partial charge in [0.25, 0.3) is 0 Å². The molecule has 1 aliphatic rings. The van der Waals surface area contributed by atoms with E-state index in [2.05, 4.69) is 0 Å². The molecular formula is C8H9ClN2O2S. The van der Waals surface area contributed by atoms with Crippen LogP contribution in [0, 0.1) is 0 Å². The van der Waals surface area contributed by atoms with E-state index in [1.807, 2.05) is 0 Å². The Morgan fingerprint density at radius 2 is 2.14 bits per heavy atom. The highest BCUT2D eigenvalue weighted by molar-refractivity contribution is 7.92. The Bertz CT molecular complexity index is 498. The van der Waals surface area contributed by atoms with Crippen molar-refractivity contribution in [2.45, 2.75) is 5.75 Å². The lowest BCUT2D eigenvalue weighted by molar-refractivity contribution is 0.596. The van der Waals surface area contributed by atoms with E-state index in [9.17, 15) is 8.42 Å². The fourth-order valence-corrected chi connectivity index (χ4v) is 3.24. The Balaban J connectivity index is 2.76. The second-order valence-electron chi connectivity index (χ2n) is 3.19. The van der Waals surface area contributed by atoms with Crippen molar-refractivity contribution in [1.29, 1.82) is 0 Å². The van der Waals surface area contributed by atoms with Crippen molar-refractivity contribution in [3.8, 4) is 0 Å². The molecule has 0 fully saturated rings. The number of rotatable bonds is 0. The number of fused-ring (bicyclic) bond motifs is 1. The first-order valence-corrected chi connectivity index (χ1v) is 5.95. The van der Waals surface area contributed by atoms with E-state index in [0.29, 0.717) is 22.0 Å². The number of nitrogens with zero attached hydrogens (tertiary/aromatic N) is 1. The first-order chi connectivity index (χ1) is 6.43. The summed E-state index contributed by atoms with van der Waals surface area (Å²) in [4.78, 5) is 0. The number of benzene rings is 1. The molecule has 6 heteroatoms. The first-order valence-electron chi connectivity index (χ1n) is 3.97. The number of hydrogen-bond acceptors (Lipinski definition) is 3. The molecule has 0 saturated carbocycles. The molecule has 2 N–H and O–H groups in total. The minimum absolute atomic E-state index is 0.0643. The summed E-state index contributed by atoms with van der Waals surface area (Å²) < 4.78 is 24.3. The van der Waals surface area contributed by atoms with Crippen LogP contribution in [-0.2, 0) is 15.8 Å². The van der Waals surface area contributed by atoms with Gasteiger partial charge in [-0.15, -0.1) is 0 Å². The van der Waals surface area contributed by atoms with E-state index in [4.69, 9.17) is 17.3 Å². The molecule has 0 radical (unpaired) electrons. The zero-order valence-corrected chi connectivity index (χ0v) is 9.06. The molecule has 0 saturated heterocycles. The maximum absolute atomic E-state index is 11.5. The minimum atomic E-state index is -3.26. The van der Waals surface area contributed by atoms with Crippen molar-refractivity contribution < 1.29 is 8.42 Å². The molecule has 0 atom stereocenters. The Kier molecular flexibility index (Phi) is 1.90. The maximum Gasteiger partial charge on any atom is 0.239 e. The molecule has 1 aliphatic heterocycles. The van der Waals surface area contributed by atoms with Crippen molar-refractivity contribution in [2.24, 2.45) is 0 Å². The van der Waals surface area contributed by atoms with Crippen LogP contribution in [0.2, 0.25) is 5.02 Å². The van der Waals surface area contributed by atoms with Crippen LogP contribution in [0.25, 0.3) is 0 Å². The van der Waals surface area contributed by atoms with Gasteiger partial charge in [0.15, 0.2) is 0 Å². The molecule has 0 spiro atoms. The summed E-state index contributed by atoms with van der Waals surface area (Å²) in [7, 11) is -1.78. The van der Waals surface area contributed by atoms with E-state index in [1.165, 1.54) is 11.4 Å². The quantitative estimate of drug-likeness (QED) is 0.684. The van der Waals surface area contributed by atoms with Crippen LogP contribution in [0.3, 0.4) is 0 Å². The molecule has 1 aromatic rings. The van der Waals surface area contributed by atoms with Gasteiger partial charge in [0.2, 0.25) is 10.0 Å². The van der Waals surface area contributed by atoms with Crippen LogP contribution in [-0.4, -0.2) is 15.5 Å². The molecule has 0 aliphatic carbocycles. The third-order valence-corrected chi connectivity index (χ3v) is 4.30. The molecule has 0 bridgehead atoms. The van der Waals surface area contributed by atoms with Crippen molar-refractivity contribution in [2.75, 3.05) is 17.1 Å². The van der Waals surface area contributed by atoms with Crippen molar-refractivity contribution in [1.82, 2.24) is 0 Å². The lowest BCUT2D eigenvalue weighted by Crippen LogP contribution is -2.21. The van der Waals surface area contributed by atoms with E-state index in [0.717, 1.165) is 0 Å². The summed E-state index contributed by atoms with van der Waals surface area (Å²) in [6.07, 6.45) is 0. The number of halogens is 1. The highest BCUT2D eigenvalue weighted by atomic mass is 35.5. The number of nitrogen functional groups attached to an aromatic ring is 1. The van der Waals surface area contributed by atoms with Crippen LogP contribution >= 0.6 is 11.6 Å².